The van der Waals surface area contributed by atoms with E-state index in [-0.39, 0.29) is 42.4 Å². The van der Waals surface area contributed by atoms with Gasteiger partial charge in [-0.05, 0) is 105 Å². The topological polar surface area (TPSA) is 134 Å². The van der Waals surface area contributed by atoms with Crippen LogP contribution in [0.1, 0.15) is 127 Å². The Kier molecular flexibility index (Phi) is 21.4. The lowest BCUT2D eigenvalue weighted by molar-refractivity contribution is -0.152. The first kappa shape index (κ1) is 45.2. The minimum atomic E-state index is -0.614. The van der Waals surface area contributed by atoms with Crippen LogP contribution >= 0.6 is 0 Å². The molecule has 0 spiro atoms. The quantitative estimate of drug-likeness (QED) is 0.0551. The third kappa shape index (κ3) is 20.2. The third-order valence-corrected chi connectivity index (χ3v) is 9.13. The van der Waals surface area contributed by atoms with Gasteiger partial charge in [0.25, 0.3) is 0 Å². The predicted molar refractivity (Wildman–Crippen MR) is 202 cm³/mol. The van der Waals surface area contributed by atoms with Crippen LogP contribution in [0.5, 0.6) is 0 Å². The van der Waals surface area contributed by atoms with Crippen LogP contribution in [0.2, 0.25) is 0 Å². The smallest absolute Gasteiger partial charge is 0.331 e. The Morgan fingerprint density at radius 1 is 0.960 bits per heavy atom. The Labute approximate surface area is 302 Å². The lowest BCUT2D eigenvalue weighted by Gasteiger charge is -2.27. The summed E-state index contributed by atoms with van der Waals surface area (Å²) in [6.07, 6.45) is 15.0. The number of carbonyl (C=O) groups is 2. The van der Waals surface area contributed by atoms with Gasteiger partial charge < -0.3 is 29.9 Å². The molecule has 0 aromatic carbocycles. The second kappa shape index (κ2) is 23.6. The molecule has 1 aliphatic rings. The number of hydrogen-bond acceptors (Lipinski definition) is 8. The first-order valence-electron chi connectivity index (χ1n) is 18.5. The molecule has 284 valence electrons. The van der Waals surface area contributed by atoms with E-state index in [9.17, 15) is 30.0 Å². The maximum Gasteiger partial charge on any atom is 0.331 e. The summed E-state index contributed by atoms with van der Waals surface area (Å²) < 4.78 is 11.9. The summed E-state index contributed by atoms with van der Waals surface area (Å²) in [6, 6.07) is 0. The maximum atomic E-state index is 12.9. The zero-order chi connectivity index (χ0) is 38.0. The monoisotopic (exact) mass is 700 g/mol. The van der Waals surface area contributed by atoms with Crippen molar-refractivity contribution in [2.24, 2.45) is 17.8 Å². The van der Waals surface area contributed by atoms with Gasteiger partial charge in [0.15, 0.2) is 0 Å². The number of rotatable bonds is 16. The average Bonchev–Trinajstić information content (AvgIpc) is 2.99. The first-order chi connectivity index (χ1) is 23.4. The Bertz CT molecular complexity index is 1230. The summed E-state index contributed by atoms with van der Waals surface area (Å²) in [4.78, 5) is 25.8. The number of ether oxygens (including phenoxy) is 2. The molecule has 0 bridgehead atoms. The highest BCUT2D eigenvalue weighted by Crippen LogP contribution is 2.27. The van der Waals surface area contributed by atoms with Gasteiger partial charge in [-0.1, -0.05) is 85.1 Å². The highest BCUT2D eigenvalue weighted by molar-refractivity contribution is 5.82. The van der Waals surface area contributed by atoms with E-state index in [0.29, 0.717) is 38.5 Å². The Hall–Kier alpha value is -2.78. The van der Waals surface area contributed by atoms with Gasteiger partial charge in [0.2, 0.25) is 0 Å². The Morgan fingerprint density at radius 3 is 2.24 bits per heavy atom. The van der Waals surface area contributed by atoms with E-state index in [1.165, 1.54) is 6.08 Å². The fourth-order valence-corrected chi connectivity index (χ4v) is 6.47. The second-order valence-electron chi connectivity index (χ2n) is 15.1. The summed E-state index contributed by atoms with van der Waals surface area (Å²) in [5.41, 5.74) is 5.18. The molecule has 0 radical (unpaired) electrons. The van der Waals surface area contributed by atoms with Gasteiger partial charge in [0, 0.05) is 24.8 Å². The first-order valence-corrected chi connectivity index (χ1v) is 18.5. The average molecular weight is 701 g/mol. The van der Waals surface area contributed by atoms with Gasteiger partial charge in [0.05, 0.1) is 24.4 Å². The van der Waals surface area contributed by atoms with Gasteiger partial charge in [-0.15, -0.1) is 0 Å². The van der Waals surface area contributed by atoms with Crippen LogP contribution in [0.25, 0.3) is 0 Å². The van der Waals surface area contributed by atoms with E-state index in [4.69, 9.17) is 9.47 Å². The zero-order valence-corrected chi connectivity index (χ0v) is 32.5. The third-order valence-electron chi connectivity index (χ3n) is 9.13. The number of carbonyl (C=O) groups excluding carboxylic acids is 2. The van der Waals surface area contributed by atoms with Crippen LogP contribution < -0.4 is 0 Å². The fourth-order valence-electron chi connectivity index (χ4n) is 6.47. The van der Waals surface area contributed by atoms with Crippen molar-refractivity contribution in [2.75, 3.05) is 0 Å². The molecule has 1 aliphatic heterocycles. The molecule has 0 unspecified atom stereocenters. The minimum Gasteiger partial charge on any atom is -0.462 e. The van der Waals surface area contributed by atoms with Crippen LogP contribution in [0.4, 0.5) is 0 Å². The van der Waals surface area contributed by atoms with Gasteiger partial charge in [-0.2, -0.15) is 0 Å². The SMILES string of the molecule is CC(=C/C[C@H](O)C[C@@H](C)O)/C=C(C)\C=C(C)/C=C/C(=O)O[C@H]1CCCC(=O)O[C@@H]([C@@H](C)C/C(C)=C/[C@@H](C)[C@H](O)C[C@@H](C)O)C/C=C(\C)C[C@@H]1C. The number of hydrogen-bond donors (Lipinski definition) is 4. The van der Waals surface area contributed by atoms with Crippen molar-refractivity contribution in [2.45, 2.75) is 164 Å². The summed E-state index contributed by atoms with van der Waals surface area (Å²) in [5, 5.41) is 39.4. The molecule has 0 fully saturated rings. The molecule has 0 aromatic rings. The summed E-state index contributed by atoms with van der Waals surface area (Å²) in [5.74, 6) is -0.598. The summed E-state index contributed by atoms with van der Waals surface area (Å²) in [6.45, 7) is 19.4. The van der Waals surface area contributed by atoms with Gasteiger partial charge in [-0.3, -0.25) is 4.79 Å². The summed E-state index contributed by atoms with van der Waals surface area (Å²) >= 11 is 0. The number of esters is 2. The molecule has 8 heteroatoms. The zero-order valence-electron chi connectivity index (χ0n) is 32.5. The molecule has 0 saturated carbocycles. The normalized spacial score (nSPS) is 25.7. The molecule has 0 saturated heterocycles. The lowest BCUT2D eigenvalue weighted by atomic mass is 9.89. The highest BCUT2D eigenvalue weighted by atomic mass is 16.5. The lowest BCUT2D eigenvalue weighted by Crippen LogP contribution is -2.28. The van der Waals surface area contributed by atoms with E-state index in [1.54, 1.807) is 19.9 Å². The van der Waals surface area contributed by atoms with Gasteiger partial charge >= 0.3 is 11.9 Å². The van der Waals surface area contributed by atoms with Crippen LogP contribution in [0.3, 0.4) is 0 Å². The molecule has 0 amide bonds. The number of aliphatic hydroxyl groups is 4. The van der Waals surface area contributed by atoms with Gasteiger partial charge in [0.1, 0.15) is 12.2 Å². The number of aliphatic hydroxyl groups excluding tert-OH is 4. The van der Waals surface area contributed by atoms with Crippen molar-refractivity contribution in [3.8, 4) is 0 Å². The fraction of sp³-hybridized carbons (Fsp3) is 0.667. The Balaban J connectivity index is 2.87. The molecule has 50 heavy (non-hydrogen) atoms. The molecular weight excluding hydrogens is 632 g/mol. The predicted octanol–water partition coefficient (Wildman–Crippen LogP) is 8.01. The highest BCUT2D eigenvalue weighted by Gasteiger charge is 2.26. The maximum absolute atomic E-state index is 12.9. The molecule has 0 aliphatic carbocycles. The summed E-state index contributed by atoms with van der Waals surface area (Å²) in [7, 11) is 0. The minimum absolute atomic E-state index is 0.0744. The van der Waals surface area contributed by atoms with Crippen LogP contribution in [-0.2, 0) is 19.1 Å². The standard InChI is InChI=1S/C42H68O8/c1-27(14-17-37(45)25-35(9)43)20-30(4)21-28(2)16-19-42(48)49-39-12-11-13-41(47)50-40(18-15-29(3)22-33(39)7)34(8)24-31(5)23-32(6)38(46)26-36(10)44/h14-16,19-21,23,32-40,43-46H,11-13,17-18,22,24-26H2,1-10H3/b19-16+,27-14-,28-21-,29-15+,30-20-,31-23+/t32-,33+,34+,35-,36-,37+,38-,39+,40-/m1/s1. The second-order valence-corrected chi connectivity index (χ2v) is 15.1. The molecule has 0 aromatic heterocycles. The van der Waals surface area contributed by atoms with Crippen molar-refractivity contribution < 1.29 is 39.5 Å². The van der Waals surface area contributed by atoms with Crippen LogP contribution in [-0.4, -0.2) is 69.0 Å². The van der Waals surface area contributed by atoms with Crippen molar-refractivity contribution in [3.05, 3.63) is 70.4 Å². The molecular formula is C42H68O8. The van der Waals surface area contributed by atoms with E-state index >= 15 is 0 Å². The van der Waals surface area contributed by atoms with E-state index in [1.807, 2.05) is 58.9 Å². The molecule has 1 rings (SSSR count). The van der Waals surface area contributed by atoms with Crippen molar-refractivity contribution >= 4 is 11.9 Å². The molecule has 4 N–H and O–H groups in total. The van der Waals surface area contributed by atoms with Crippen LogP contribution in [0, 0.1) is 17.8 Å². The van der Waals surface area contributed by atoms with Crippen molar-refractivity contribution in [3.63, 3.8) is 0 Å². The van der Waals surface area contributed by atoms with E-state index < -0.39 is 30.4 Å². The largest absolute Gasteiger partial charge is 0.462 e. The molecule has 1 heterocycles. The molecule has 8 nitrogen and oxygen atoms in total. The van der Waals surface area contributed by atoms with Gasteiger partial charge in [-0.25, -0.2) is 4.79 Å². The van der Waals surface area contributed by atoms with E-state index in [2.05, 4.69) is 26.8 Å². The van der Waals surface area contributed by atoms with E-state index in [0.717, 1.165) is 40.7 Å². The molecule has 9 atom stereocenters. The van der Waals surface area contributed by atoms with Crippen LogP contribution in [0.15, 0.2) is 70.4 Å². The Morgan fingerprint density at radius 2 is 1.60 bits per heavy atom. The number of allylic oxidation sites excluding steroid dienone is 8. The number of cyclic esters (lactones) is 1. The van der Waals surface area contributed by atoms with Crippen molar-refractivity contribution in [1.82, 2.24) is 0 Å². The van der Waals surface area contributed by atoms with Crippen molar-refractivity contribution in [1.29, 1.82) is 0 Å².